The Morgan fingerprint density at radius 1 is 1.00 bits per heavy atom. The number of benzene rings is 2. The fraction of sp³-hybridized carbons (Fsp3) is 0.217. The minimum atomic E-state index is -0.295. The number of carbonyl (C=O) groups is 1. The van der Waals surface area contributed by atoms with Crippen LogP contribution in [-0.4, -0.2) is 38.1 Å². The molecule has 0 saturated carbocycles. The zero-order chi connectivity index (χ0) is 22.2. The number of nitrogens with one attached hydrogen (secondary N) is 2. The lowest BCUT2D eigenvalue weighted by Gasteiger charge is -2.10. The van der Waals surface area contributed by atoms with Gasteiger partial charge >= 0.3 is 6.03 Å². The van der Waals surface area contributed by atoms with E-state index in [1.807, 2.05) is 24.3 Å². The number of ether oxygens (including phenoxy) is 5. The molecule has 0 bridgehead atoms. The second kappa shape index (κ2) is 10.3. The molecule has 3 aromatic rings. The van der Waals surface area contributed by atoms with Crippen LogP contribution >= 0.6 is 0 Å². The number of rotatable bonds is 9. The Labute approximate surface area is 185 Å². The molecule has 0 saturated heterocycles. The summed E-state index contributed by atoms with van der Waals surface area (Å²) < 4.78 is 27.1. The van der Waals surface area contributed by atoms with Crippen LogP contribution in [0.25, 0.3) is 0 Å². The molecular formula is C23H23N3O6. The summed E-state index contributed by atoms with van der Waals surface area (Å²) in [6.07, 6.45) is 1.65. The number of hydrogen-bond acceptors (Lipinski definition) is 7. The number of urea groups is 1. The average Bonchev–Trinajstić information content (AvgIpc) is 3.29. The first kappa shape index (κ1) is 21.1. The van der Waals surface area contributed by atoms with Crippen molar-refractivity contribution in [2.75, 3.05) is 27.1 Å². The fourth-order valence-electron chi connectivity index (χ4n) is 2.91. The van der Waals surface area contributed by atoms with Gasteiger partial charge in [0, 0.05) is 30.9 Å². The van der Waals surface area contributed by atoms with E-state index >= 15 is 0 Å². The SMILES string of the molecule is COc1cccc(Oc2ccc(CNC(=O)NCCOc3ccc4c(c3)OCO4)cn2)c1. The Hall–Kier alpha value is -4.14. The van der Waals surface area contributed by atoms with Crippen molar-refractivity contribution in [2.45, 2.75) is 6.54 Å². The number of hydrogen-bond donors (Lipinski definition) is 2. The lowest BCUT2D eigenvalue weighted by molar-refractivity contribution is 0.173. The molecule has 1 aliphatic rings. The summed E-state index contributed by atoms with van der Waals surface area (Å²) in [4.78, 5) is 16.2. The Kier molecular flexibility index (Phi) is 6.76. The molecule has 4 rings (SSSR count). The minimum Gasteiger partial charge on any atom is -0.497 e. The zero-order valence-electron chi connectivity index (χ0n) is 17.5. The van der Waals surface area contributed by atoms with Gasteiger partial charge in [-0.15, -0.1) is 0 Å². The summed E-state index contributed by atoms with van der Waals surface area (Å²) in [6.45, 7) is 1.23. The Morgan fingerprint density at radius 2 is 1.88 bits per heavy atom. The lowest BCUT2D eigenvalue weighted by Crippen LogP contribution is -2.37. The summed E-state index contributed by atoms with van der Waals surface area (Å²) in [5.74, 6) is 3.79. The van der Waals surface area contributed by atoms with Crippen LogP contribution in [0.15, 0.2) is 60.8 Å². The number of fused-ring (bicyclic) bond motifs is 1. The fourth-order valence-corrected chi connectivity index (χ4v) is 2.91. The molecule has 0 spiro atoms. The van der Waals surface area contributed by atoms with Gasteiger partial charge in [-0.1, -0.05) is 12.1 Å². The predicted molar refractivity (Wildman–Crippen MR) is 116 cm³/mol. The molecule has 32 heavy (non-hydrogen) atoms. The van der Waals surface area contributed by atoms with Crippen LogP contribution < -0.4 is 34.3 Å². The third kappa shape index (κ3) is 5.72. The third-order valence-electron chi connectivity index (χ3n) is 4.51. The first-order chi connectivity index (χ1) is 15.7. The third-order valence-corrected chi connectivity index (χ3v) is 4.51. The van der Waals surface area contributed by atoms with E-state index < -0.39 is 0 Å². The summed E-state index contributed by atoms with van der Waals surface area (Å²) in [5, 5.41) is 5.52. The molecule has 166 valence electrons. The van der Waals surface area contributed by atoms with Gasteiger partial charge in [0.25, 0.3) is 0 Å². The number of nitrogens with zero attached hydrogens (tertiary/aromatic N) is 1. The Morgan fingerprint density at radius 3 is 2.72 bits per heavy atom. The molecule has 0 fully saturated rings. The molecule has 2 heterocycles. The average molecular weight is 437 g/mol. The van der Waals surface area contributed by atoms with E-state index in [1.165, 1.54) is 0 Å². The van der Waals surface area contributed by atoms with Gasteiger partial charge in [0.05, 0.1) is 13.7 Å². The van der Waals surface area contributed by atoms with Crippen LogP contribution in [-0.2, 0) is 6.54 Å². The monoisotopic (exact) mass is 437 g/mol. The smallest absolute Gasteiger partial charge is 0.315 e. The van der Waals surface area contributed by atoms with E-state index in [0.29, 0.717) is 54.3 Å². The van der Waals surface area contributed by atoms with Crippen LogP contribution in [0.5, 0.6) is 34.6 Å². The highest BCUT2D eigenvalue weighted by Gasteiger charge is 2.13. The van der Waals surface area contributed by atoms with Crippen molar-refractivity contribution in [1.29, 1.82) is 0 Å². The topological polar surface area (TPSA) is 100 Å². The number of methoxy groups -OCH3 is 1. The van der Waals surface area contributed by atoms with E-state index in [4.69, 9.17) is 23.7 Å². The number of carbonyl (C=O) groups excluding carboxylic acids is 1. The minimum absolute atomic E-state index is 0.216. The molecule has 9 heteroatoms. The van der Waals surface area contributed by atoms with Gasteiger partial charge < -0.3 is 34.3 Å². The largest absolute Gasteiger partial charge is 0.497 e. The van der Waals surface area contributed by atoms with Gasteiger partial charge in [-0.3, -0.25) is 0 Å². The van der Waals surface area contributed by atoms with Gasteiger partial charge in [0.1, 0.15) is 23.9 Å². The Bertz CT molecular complexity index is 1060. The molecule has 1 aliphatic heterocycles. The predicted octanol–water partition coefficient (Wildman–Crippen LogP) is 3.49. The molecule has 0 atom stereocenters. The van der Waals surface area contributed by atoms with Crippen LogP contribution in [0.3, 0.4) is 0 Å². The summed E-state index contributed by atoms with van der Waals surface area (Å²) in [5.41, 5.74) is 0.842. The molecule has 0 unspecified atom stereocenters. The molecular weight excluding hydrogens is 414 g/mol. The van der Waals surface area contributed by atoms with Gasteiger partial charge in [0.15, 0.2) is 11.5 Å². The number of aromatic nitrogens is 1. The van der Waals surface area contributed by atoms with Crippen molar-refractivity contribution in [3.8, 4) is 34.6 Å². The molecule has 2 N–H and O–H groups in total. The van der Waals surface area contributed by atoms with Gasteiger partial charge in [-0.25, -0.2) is 9.78 Å². The summed E-state index contributed by atoms with van der Waals surface area (Å²) >= 11 is 0. The molecule has 2 amide bonds. The highest BCUT2D eigenvalue weighted by molar-refractivity contribution is 5.73. The maximum Gasteiger partial charge on any atom is 0.315 e. The van der Waals surface area contributed by atoms with Gasteiger partial charge in [0.2, 0.25) is 12.7 Å². The molecule has 9 nitrogen and oxygen atoms in total. The van der Waals surface area contributed by atoms with E-state index in [0.717, 1.165) is 5.56 Å². The maximum absolute atomic E-state index is 12.0. The first-order valence-corrected chi connectivity index (χ1v) is 10.0. The van der Waals surface area contributed by atoms with Crippen LogP contribution in [0.4, 0.5) is 4.79 Å². The Balaban J connectivity index is 1.15. The van der Waals surface area contributed by atoms with Crippen molar-refractivity contribution < 1.29 is 28.5 Å². The van der Waals surface area contributed by atoms with Crippen LogP contribution in [0, 0.1) is 0 Å². The van der Waals surface area contributed by atoms with Crippen molar-refractivity contribution in [1.82, 2.24) is 15.6 Å². The number of amides is 2. The van der Waals surface area contributed by atoms with Crippen molar-refractivity contribution in [2.24, 2.45) is 0 Å². The van der Waals surface area contributed by atoms with E-state index in [-0.39, 0.29) is 12.8 Å². The standard InChI is InChI=1S/C23H23N3O6/c1-28-17-3-2-4-19(11-17)32-22-8-5-16(13-25-22)14-26-23(27)24-9-10-29-18-6-7-20-21(12-18)31-15-30-20/h2-8,11-13H,9-10,14-15H2,1H3,(H2,24,26,27). The summed E-state index contributed by atoms with van der Waals surface area (Å²) in [7, 11) is 1.60. The first-order valence-electron chi connectivity index (χ1n) is 10.0. The zero-order valence-corrected chi connectivity index (χ0v) is 17.5. The molecule has 0 aliphatic carbocycles. The van der Waals surface area contributed by atoms with E-state index in [2.05, 4.69) is 15.6 Å². The highest BCUT2D eigenvalue weighted by atomic mass is 16.7. The van der Waals surface area contributed by atoms with Gasteiger partial charge in [-0.05, 0) is 29.8 Å². The van der Waals surface area contributed by atoms with Crippen molar-refractivity contribution in [3.63, 3.8) is 0 Å². The number of pyridine rings is 1. The van der Waals surface area contributed by atoms with Gasteiger partial charge in [-0.2, -0.15) is 0 Å². The maximum atomic E-state index is 12.0. The second-order valence-corrected chi connectivity index (χ2v) is 6.76. The van der Waals surface area contributed by atoms with E-state index in [1.54, 1.807) is 43.6 Å². The summed E-state index contributed by atoms with van der Waals surface area (Å²) in [6, 6.07) is 15.9. The normalized spacial score (nSPS) is 11.5. The quantitative estimate of drug-likeness (QED) is 0.494. The van der Waals surface area contributed by atoms with Crippen molar-refractivity contribution in [3.05, 3.63) is 66.4 Å². The lowest BCUT2D eigenvalue weighted by atomic mass is 10.3. The second-order valence-electron chi connectivity index (χ2n) is 6.76. The van der Waals surface area contributed by atoms with E-state index in [9.17, 15) is 4.79 Å². The van der Waals surface area contributed by atoms with Crippen LogP contribution in [0.1, 0.15) is 5.56 Å². The van der Waals surface area contributed by atoms with Crippen LogP contribution in [0.2, 0.25) is 0 Å². The van der Waals surface area contributed by atoms with Crippen molar-refractivity contribution >= 4 is 6.03 Å². The molecule has 1 aromatic heterocycles. The highest BCUT2D eigenvalue weighted by Crippen LogP contribution is 2.35. The molecule has 0 radical (unpaired) electrons. The molecule has 2 aromatic carbocycles.